The van der Waals surface area contributed by atoms with Gasteiger partial charge in [-0.3, -0.25) is 0 Å². The van der Waals surface area contributed by atoms with Crippen LogP contribution in [0.2, 0.25) is 0 Å². The Labute approximate surface area is 158 Å². The molecule has 8 heteroatoms. The average Bonchev–Trinajstić information content (AvgIpc) is 2.70. The first kappa shape index (κ1) is 19.2. The van der Waals surface area contributed by atoms with Gasteiger partial charge in [0, 0.05) is 13.1 Å². The van der Waals surface area contributed by atoms with Gasteiger partial charge in [-0.25, -0.2) is 13.2 Å². The summed E-state index contributed by atoms with van der Waals surface area (Å²) in [5, 5.41) is 0. The first-order valence-corrected chi connectivity index (χ1v) is 10.1. The summed E-state index contributed by atoms with van der Waals surface area (Å²) in [4.78, 5) is 11.6. The number of sulfonamides is 1. The van der Waals surface area contributed by atoms with Gasteiger partial charge in [-0.05, 0) is 55.3 Å². The third kappa shape index (κ3) is 4.23. The molecule has 0 unspecified atom stereocenters. The summed E-state index contributed by atoms with van der Waals surface area (Å²) in [5.41, 5.74) is 6.64. The molecule has 0 saturated carbocycles. The zero-order chi connectivity index (χ0) is 19.4. The predicted molar refractivity (Wildman–Crippen MR) is 101 cm³/mol. The molecule has 0 atom stereocenters. The number of rotatable bonds is 5. The quantitative estimate of drug-likeness (QED) is 0.622. The lowest BCUT2D eigenvalue weighted by atomic mass is 10.2. The minimum Gasteiger partial charge on any atom is -0.465 e. The standard InChI is InChI=1S/C19H22N2O5S/c1-25-19(22)14-5-7-15(8-6-14)26-18-10-9-16(13-17(18)20)27(23,24)21-11-3-2-4-12-21/h5-10,13H,2-4,11-12,20H2,1H3. The third-order valence-corrected chi connectivity index (χ3v) is 6.33. The van der Waals surface area contributed by atoms with Gasteiger partial charge in [-0.15, -0.1) is 0 Å². The van der Waals surface area contributed by atoms with Gasteiger partial charge in [-0.2, -0.15) is 4.31 Å². The number of hydrogen-bond acceptors (Lipinski definition) is 6. The molecule has 2 aromatic rings. The molecular weight excluding hydrogens is 368 g/mol. The number of nitrogen functional groups attached to an aromatic ring is 1. The lowest BCUT2D eigenvalue weighted by Gasteiger charge is -2.26. The van der Waals surface area contributed by atoms with Crippen molar-refractivity contribution in [3.05, 3.63) is 48.0 Å². The van der Waals surface area contributed by atoms with Crippen LogP contribution in [0.5, 0.6) is 11.5 Å². The van der Waals surface area contributed by atoms with Crippen molar-refractivity contribution in [3.8, 4) is 11.5 Å². The van der Waals surface area contributed by atoms with E-state index < -0.39 is 16.0 Å². The van der Waals surface area contributed by atoms with Gasteiger partial charge in [0.2, 0.25) is 10.0 Å². The zero-order valence-corrected chi connectivity index (χ0v) is 15.9. The number of nitrogens with two attached hydrogens (primary N) is 1. The molecule has 0 aliphatic carbocycles. The minimum atomic E-state index is -3.55. The highest BCUT2D eigenvalue weighted by Gasteiger charge is 2.26. The lowest BCUT2D eigenvalue weighted by molar-refractivity contribution is 0.0600. The van der Waals surface area contributed by atoms with Crippen molar-refractivity contribution in [2.45, 2.75) is 24.2 Å². The SMILES string of the molecule is COC(=O)c1ccc(Oc2ccc(S(=O)(=O)N3CCCCC3)cc2N)cc1. The van der Waals surface area contributed by atoms with Crippen LogP contribution in [0.25, 0.3) is 0 Å². The Balaban J connectivity index is 1.77. The molecule has 27 heavy (non-hydrogen) atoms. The lowest BCUT2D eigenvalue weighted by Crippen LogP contribution is -2.35. The van der Waals surface area contributed by atoms with E-state index in [1.165, 1.54) is 23.5 Å². The highest BCUT2D eigenvalue weighted by molar-refractivity contribution is 7.89. The molecule has 1 aliphatic heterocycles. The highest BCUT2D eigenvalue weighted by Crippen LogP contribution is 2.31. The number of methoxy groups -OCH3 is 1. The number of ether oxygens (including phenoxy) is 2. The summed E-state index contributed by atoms with van der Waals surface area (Å²) in [6.45, 7) is 1.07. The Kier molecular flexibility index (Phi) is 5.67. The molecule has 144 valence electrons. The Morgan fingerprint density at radius 1 is 1.04 bits per heavy atom. The van der Waals surface area contributed by atoms with Gasteiger partial charge >= 0.3 is 5.97 Å². The zero-order valence-electron chi connectivity index (χ0n) is 15.1. The molecule has 0 spiro atoms. The second-order valence-corrected chi connectivity index (χ2v) is 8.22. The molecule has 0 amide bonds. The fourth-order valence-electron chi connectivity index (χ4n) is 2.94. The van der Waals surface area contributed by atoms with Crippen LogP contribution in [0.4, 0.5) is 5.69 Å². The molecule has 0 aromatic heterocycles. The molecule has 1 aliphatic rings. The fourth-order valence-corrected chi connectivity index (χ4v) is 4.49. The largest absolute Gasteiger partial charge is 0.465 e. The Morgan fingerprint density at radius 3 is 2.30 bits per heavy atom. The molecule has 0 radical (unpaired) electrons. The predicted octanol–water partition coefficient (Wildman–Crippen LogP) is 3.02. The first-order valence-electron chi connectivity index (χ1n) is 8.68. The summed E-state index contributed by atoms with van der Waals surface area (Å²) in [7, 11) is -2.23. The van der Waals surface area contributed by atoms with E-state index in [9.17, 15) is 13.2 Å². The van der Waals surface area contributed by atoms with Crippen molar-refractivity contribution in [1.82, 2.24) is 4.31 Å². The van der Waals surface area contributed by atoms with E-state index >= 15 is 0 Å². The van der Waals surface area contributed by atoms with E-state index in [1.54, 1.807) is 30.3 Å². The van der Waals surface area contributed by atoms with Crippen LogP contribution in [0.15, 0.2) is 47.4 Å². The van der Waals surface area contributed by atoms with Crippen LogP contribution in [0.3, 0.4) is 0 Å². The van der Waals surface area contributed by atoms with Gasteiger partial charge in [0.05, 0.1) is 23.3 Å². The smallest absolute Gasteiger partial charge is 0.337 e. The summed E-state index contributed by atoms with van der Waals surface area (Å²) in [5.74, 6) is 0.382. The number of anilines is 1. The maximum atomic E-state index is 12.7. The molecular formula is C19H22N2O5S. The number of benzene rings is 2. The Morgan fingerprint density at radius 2 is 1.70 bits per heavy atom. The summed E-state index contributed by atoms with van der Waals surface area (Å²) < 4.78 is 37.3. The molecule has 0 bridgehead atoms. The third-order valence-electron chi connectivity index (χ3n) is 4.44. The number of piperidine rings is 1. The highest BCUT2D eigenvalue weighted by atomic mass is 32.2. The average molecular weight is 390 g/mol. The van der Waals surface area contributed by atoms with E-state index in [-0.39, 0.29) is 10.6 Å². The Hall–Kier alpha value is -2.58. The van der Waals surface area contributed by atoms with Crippen LogP contribution in [0.1, 0.15) is 29.6 Å². The molecule has 1 heterocycles. The van der Waals surface area contributed by atoms with Crippen molar-refractivity contribution in [2.75, 3.05) is 25.9 Å². The van der Waals surface area contributed by atoms with Crippen LogP contribution in [0, 0.1) is 0 Å². The number of esters is 1. The number of nitrogens with zero attached hydrogens (tertiary/aromatic N) is 1. The number of carbonyl (C=O) groups is 1. The normalized spacial score (nSPS) is 15.3. The van der Waals surface area contributed by atoms with Crippen LogP contribution < -0.4 is 10.5 Å². The molecule has 7 nitrogen and oxygen atoms in total. The molecule has 3 rings (SSSR count). The van der Waals surface area contributed by atoms with Crippen molar-refractivity contribution >= 4 is 21.7 Å². The van der Waals surface area contributed by atoms with Gasteiger partial charge in [0.15, 0.2) is 0 Å². The molecule has 1 fully saturated rings. The van der Waals surface area contributed by atoms with Gasteiger partial charge in [-0.1, -0.05) is 6.42 Å². The van der Waals surface area contributed by atoms with E-state index in [1.807, 2.05) is 0 Å². The molecule has 2 aromatic carbocycles. The fraction of sp³-hybridized carbons (Fsp3) is 0.316. The summed E-state index contributed by atoms with van der Waals surface area (Å²) in [6, 6.07) is 10.8. The van der Waals surface area contributed by atoms with Gasteiger partial charge in [0.25, 0.3) is 0 Å². The maximum absolute atomic E-state index is 12.7. The summed E-state index contributed by atoms with van der Waals surface area (Å²) in [6.07, 6.45) is 2.80. The van der Waals surface area contributed by atoms with Crippen LogP contribution in [-0.4, -0.2) is 38.9 Å². The second kappa shape index (κ2) is 7.98. The maximum Gasteiger partial charge on any atom is 0.337 e. The number of hydrogen-bond donors (Lipinski definition) is 1. The van der Waals surface area contributed by atoms with Crippen molar-refractivity contribution in [3.63, 3.8) is 0 Å². The topological polar surface area (TPSA) is 98.9 Å². The summed E-state index contributed by atoms with van der Waals surface area (Å²) >= 11 is 0. The van der Waals surface area contributed by atoms with Gasteiger partial charge < -0.3 is 15.2 Å². The molecule has 2 N–H and O–H groups in total. The minimum absolute atomic E-state index is 0.162. The molecule has 1 saturated heterocycles. The van der Waals surface area contributed by atoms with E-state index in [0.717, 1.165) is 19.3 Å². The number of carbonyl (C=O) groups excluding carboxylic acids is 1. The first-order chi connectivity index (χ1) is 12.9. The second-order valence-electron chi connectivity index (χ2n) is 6.28. The van der Waals surface area contributed by atoms with E-state index in [0.29, 0.717) is 30.2 Å². The monoisotopic (exact) mass is 390 g/mol. The van der Waals surface area contributed by atoms with Crippen LogP contribution >= 0.6 is 0 Å². The van der Waals surface area contributed by atoms with E-state index in [2.05, 4.69) is 4.74 Å². The Bertz CT molecular complexity index is 920. The van der Waals surface area contributed by atoms with E-state index in [4.69, 9.17) is 10.5 Å². The van der Waals surface area contributed by atoms with Crippen molar-refractivity contribution in [2.24, 2.45) is 0 Å². The van der Waals surface area contributed by atoms with Crippen molar-refractivity contribution < 1.29 is 22.7 Å². The van der Waals surface area contributed by atoms with Crippen molar-refractivity contribution in [1.29, 1.82) is 0 Å². The van der Waals surface area contributed by atoms with Crippen LogP contribution in [-0.2, 0) is 14.8 Å². The van der Waals surface area contributed by atoms with Gasteiger partial charge in [0.1, 0.15) is 11.5 Å².